The third-order valence-electron chi connectivity index (χ3n) is 2.93. The van der Waals surface area contributed by atoms with E-state index in [1.807, 2.05) is 41.8 Å². The number of hydrogen-bond acceptors (Lipinski definition) is 1. The average molecular weight is 257 g/mol. The van der Waals surface area contributed by atoms with E-state index in [0.29, 0.717) is 17.1 Å². The maximum absolute atomic E-state index is 9.18. The highest BCUT2D eigenvalue weighted by molar-refractivity contribution is 6.34. The minimum Gasteiger partial charge on any atom is -0.338 e. The number of benzene rings is 1. The SMILES string of the molecule is C=CCn1c(C)c(C#N)c(Cl)c1-c1ccccc1. The first-order valence-electron chi connectivity index (χ1n) is 5.65. The Kier molecular flexibility index (Phi) is 3.55. The zero-order valence-electron chi connectivity index (χ0n) is 10.2. The summed E-state index contributed by atoms with van der Waals surface area (Å²) in [4.78, 5) is 0. The standard InChI is InChI=1S/C15H13ClN2/c1-3-9-18-11(2)13(10-17)14(16)15(18)12-7-5-4-6-8-12/h3-8H,1,9H2,2H3. The summed E-state index contributed by atoms with van der Waals surface area (Å²) >= 11 is 6.33. The number of halogens is 1. The molecule has 3 heteroatoms. The van der Waals surface area contributed by atoms with Gasteiger partial charge in [0.05, 0.1) is 16.3 Å². The van der Waals surface area contributed by atoms with E-state index in [0.717, 1.165) is 17.0 Å². The molecule has 0 bridgehead atoms. The van der Waals surface area contributed by atoms with Gasteiger partial charge in [0.2, 0.25) is 0 Å². The molecule has 1 heterocycles. The van der Waals surface area contributed by atoms with Gasteiger partial charge < -0.3 is 4.57 Å². The van der Waals surface area contributed by atoms with Gasteiger partial charge >= 0.3 is 0 Å². The molecule has 0 N–H and O–H groups in total. The van der Waals surface area contributed by atoms with Gasteiger partial charge in [-0.1, -0.05) is 48.0 Å². The van der Waals surface area contributed by atoms with Crippen molar-refractivity contribution in [1.29, 1.82) is 5.26 Å². The number of nitriles is 1. The first kappa shape index (κ1) is 12.5. The summed E-state index contributed by atoms with van der Waals surface area (Å²) in [6.45, 7) is 6.29. The van der Waals surface area contributed by atoms with E-state index in [1.54, 1.807) is 6.08 Å². The molecular formula is C15H13ClN2. The molecule has 0 unspecified atom stereocenters. The van der Waals surface area contributed by atoms with Crippen molar-refractivity contribution in [3.8, 4) is 17.3 Å². The third-order valence-corrected chi connectivity index (χ3v) is 3.30. The fraction of sp³-hybridized carbons (Fsp3) is 0.133. The van der Waals surface area contributed by atoms with E-state index >= 15 is 0 Å². The average Bonchev–Trinajstić information content (AvgIpc) is 2.62. The largest absolute Gasteiger partial charge is 0.338 e. The van der Waals surface area contributed by atoms with Crippen LogP contribution in [-0.2, 0) is 6.54 Å². The lowest BCUT2D eigenvalue weighted by molar-refractivity contribution is 0.805. The first-order chi connectivity index (χ1) is 8.70. The van der Waals surface area contributed by atoms with Crippen LogP contribution in [0.15, 0.2) is 43.0 Å². The van der Waals surface area contributed by atoms with Crippen LogP contribution in [0.3, 0.4) is 0 Å². The van der Waals surface area contributed by atoms with Crippen LogP contribution in [0.4, 0.5) is 0 Å². The molecule has 90 valence electrons. The second kappa shape index (κ2) is 5.12. The van der Waals surface area contributed by atoms with Gasteiger partial charge in [-0.05, 0) is 12.5 Å². The second-order valence-electron chi connectivity index (χ2n) is 4.00. The molecule has 1 aromatic heterocycles. The molecule has 0 radical (unpaired) electrons. The molecule has 0 amide bonds. The van der Waals surface area contributed by atoms with Gasteiger partial charge in [-0.25, -0.2) is 0 Å². The molecule has 2 aromatic rings. The van der Waals surface area contributed by atoms with Crippen LogP contribution in [0.25, 0.3) is 11.3 Å². The fourth-order valence-electron chi connectivity index (χ4n) is 2.06. The molecule has 0 spiro atoms. The first-order valence-corrected chi connectivity index (χ1v) is 6.03. The molecule has 0 aliphatic heterocycles. The molecule has 0 fully saturated rings. The quantitative estimate of drug-likeness (QED) is 0.758. The Bertz CT molecular complexity index is 618. The number of allylic oxidation sites excluding steroid dienone is 1. The monoisotopic (exact) mass is 256 g/mol. The maximum atomic E-state index is 9.18. The Morgan fingerprint density at radius 1 is 1.39 bits per heavy atom. The molecule has 0 aliphatic rings. The number of rotatable bonds is 3. The third kappa shape index (κ3) is 1.94. The fourth-order valence-corrected chi connectivity index (χ4v) is 2.45. The summed E-state index contributed by atoms with van der Waals surface area (Å²) < 4.78 is 2.02. The molecule has 1 aromatic carbocycles. The molecule has 0 atom stereocenters. The van der Waals surface area contributed by atoms with E-state index in [4.69, 9.17) is 11.6 Å². The molecule has 0 aliphatic carbocycles. The van der Waals surface area contributed by atoms with Crippen LogP contribution in [0.2, 0.25) is 5.02 Å². The van der Waals surface area contributed by atoms with Crippen LogP contribution < -0.4 is 0 Å². The molecule has 2 nitrogen and oxygen atoms in total. The Labute approximate surface area is 112 Å². The zero-order valence-corrected chi connectivity index (χ0v) is 10.9. The summed E-state index contributed by atoms with van der Waals surface area (Å²) in [7, 11) is 0. The van der Waals surface area contributed by atoms with Crippen LogP contribution >= 0.6 is 11.6 Å². The molecule has 0 saturated heterocycles. The molecule has 18 heavy (non-hydrogen) atoms. The summed E-state index contributed by atoms with van der Waals surface area (Å²) in [6, 6.07) is 12.0. The van der Waals surface area contributed by atoms with E-state index in [2.05, 4.69) is 12.6 Å². The summed E-state index contributed by atoms with van der Waals surface area (Å²) in [5.41, 5.74) is 3.30. The normalized spacial score (nSPS) is 10.1. The number of aromatic nitrogens is 1. The Morgan fingerprint density at radius 3 is 2.61 bits per heavy atom. The Balaban J connectivity index is 2.74. The minimum atomic E-state index is 0.517. The van der Waals surface area contributed by atoms with Crippen molar-refractivity contribution in [1.82, 2.24) is 4.57 Å². The second-order valence-corrected chi connectivity index (χ2v) is 4.38. The number of nitrogens with zero attached hydrogens (tertiary/aromatic N) is 2. The van der Waals surface area contributed by atoms with Crippen molar-refractivity contribution >= 4 is 11.6 Å². The minimum absolute atomic E-state index is 0.517. The van der Waals surface area contributed by atoms with Gasteiger partial charge in [-0.2, -0.15) is 5.26 Å². The highest BCUT2D eigenvalue weighted by atomic mass is 35.5. The summed E-state index contributed by atoms with van der Waals surface area (Å²) in [6.07, 6.45) is 1.80. The predicted molar refractivity (Wildman–Crippen MR) is 74.5 cm³/mol. The Morgan fingerprint density at radius 2 is 2.06 bits per heavy atom. The zero-order chi connectivity index (χ0) is 13.1. The lowest BCUT2D eigenvalue weighted by Gasteiger charge is -2.09. The van der Waals surface area contributed by atoms with Crippen LogP contribution in [0, 0.1) is 18.3 Å². The van der Waals surface area contributed by atoms with E-state index in [-0.39, 0.29) is 0 Å². The molecule has 0 saturated carbocycles. The summed E-state index contributed by atoms with van der Waals surface area (Å²) in [5.74, 6) is 0. The lowest BCUT2D eigenvalue weighted by atomic mass is 10.1. The van der Waals surface area contributed by atoms with Crippen molar-refractivity contribution in [2.75, 3.05) is 0 Å². The molecular weight excluding hydrogens is 244 g/mol. The van der Waals surface area contributed by atoms with E-state index in [1.165, 1.54) is 0 Å². The highest BCUT2D eigenvalue weighted by Crippen LogP contribution is 2.35. The molecule has 2 rings (SSSR count). The van der Waals surface area contributed by atoms with Gasteiger partial charge in [0.15, 0.2) is 0 Å². The topological polar surface area (TPSA) is 28.7 Å². The van der Waals surface area contributed by atoms with Crippen LogP contribution in [0.1, 0.15) is 11.3 Å². The van der Waals surface area contributed by atoms with Crippen molar-refractivity contribution in [2.45, 2.75) is 13.5 Å². The number of hydrogen-bond donors (Lipinski definition) is 0. The van der Waals surface area contributed by atoms with Crippen molar-refractivity contribution in [2.24, 2.45) is 0 Å². The van der Waals surface area contributed by atoms with Crippen molar-refractivity contribution in [3.63, 3.8) is 0 Å². The van der Waals surface area contributed by atoms with Crippen molar-refractivity contribution < 1.29 is 0 Å². The van der Waals surface area contributed by atoms with Gasteiger partial charge in [0.1, 0.15) is 6.07 Å². The highest BCUT2D eigenvalue weighted by Gasteiger charge is 2.19. The van der Waals surface area contributed by atoms with Crippen LogP contribution in [-0.4, -0.2) is 4.57 Å². The summed E-state index contributed by atoms with van der Waals surface area (Å²) in [5, 5.41) is 9.70. The predicted octanol–water partition coefficient (Wildman–Crippen LogP) is 4.17. The lowest BCUT2D eigenvalue weighted by Crippen LogP contribution is -2.00. The van der Waals surface area contributed by atoms with Crippen molar-refractivity contribution in [3.05, 3.63) is 59.3 Å². The van der Waals surface area contributed by atoms with Crippen LogP contribution in [0.5, 0.6) is 0 Å². The van der Waals surface area contributed by atoms with Gasteiger partial charge in [0, 0.05) is 12.2 Å². The smallest absolute Gasteiger partial charge is 0.103 e. The van der Waals surface area contributed by atoms with E-state index < -0.39 is 0 Å². The van der Waals surface area contributed by atoms with Gasteiger partial charge in [-0.3, -0.25) is 0 Å². The van der Waals surface area contributed by atoms with E-state index in [9.17, 15) is 5.26 Å². The van der Waals surface area contributed by atoms with Gasteiger partial charge in [0.25, 0.3) is 0 Å². The maximum Gasteiger partial charge on any atom is 0.103 e. The Hall–Kier alpha value is -1.98. The van der Waals surface area contributed by atoms with Gasteiger partial charge in [-0.15, -0.1) is 6.58 Å².